The van der Waals surface area contributed by atoms with Crippen molar-refractivity contribution in [3.05, 3.63) is 28.5 Å². The van der Waals surface area contributed by atoms with E-state index in [4.69, 9.17) is 0 Å². The minimum atomic E-state index is -4.58. The van der Waals surface area contributed by atoms with Crippen molar-refractivity contribution in [3.8, 4) is 10.4 Å². The van der Waals surface area contributed by atoms with Crippen LogP contribution in [0.1, 0.15) is 79.7 Å². The summed E-state index contributed by atoms with van der Waals surface area (Å²) < 4.78 is 65.6. The molecule has 3 unspecified atom stereocenters. The predicted octanol–water partition coefficient (Wildman–Crippen LogP) is 5.27. The maximum atomic E-state index is 14.0. The topological polar surface area (TPSA) is 107 Å². The summed E-state index contributed by atoms with van der Waals surface area (Å²) in [5.41, 5.74) is -1.09. The van der Waals surface area contributed by atoms with Crippen LogP contribution in [0.2, 0.25) is 0 Å². The van der Waals surface area contributed by atoms with Crippen molar-refractivity contribution in [2.45, 2.75) is 78.2 Å². The zero-order valence-corrected chi connectivity index (χ0v) is 22.5. The second-order valence-electron chi connectivity index (χ2n) is 8.62. The normalized spacial score (nSPS) is 17.1. The second kappa shape index (κ2) is 13.3. The number of nitrogens with zero attached hydrogens (tertiary/aromatic N) is 3. The molecule has 3 atom stereocenters. The summed E-state index contributed by atoms with van der Waals surface area (Å²) in [6.07, 6.45) is -6.15. The molecular formula is C24H32F5N5O3S. The van der Waals surface area contributed by atoms with Crippen LogP contribution in [0, 0.1) is 0 Å². The number of aliphatic hydroxyl groups is 1. The van der Waals surface area contributed by atoms with Crippen molar-refractivity contribution in [1.29, 1.82) is 0 Å². The quantitative estimate of drug-likeness (QED) is 0.377. The molecule has 212 valence electrons. The summed E-state index contributed by atoms with van der Waals surface area (Å²) in [5, 5.41) is 14.0. The number of thiazole rings is 1. The predicted molar refractivity (Wildman–Crippen MR) is 135 cm³/mol. The highest BCUT2D eigenvalue weighted by molar-refractivity contribution is 7.17. The Bertz CT molecular complexity index is 1110. The number of hydrogen-bond acceptors (Lipinski definition) is 7. The Labute approximate surface area is 221 Å². The van der Waals surface area contributed by atoms with Gasteiger partial charge in [0.2, 0.25) is 0 Å². The number of carbonyl (C=O) groups is 2. The Morgan fingerprint density at radius 2 is 1.92 bits per heavy atom. The molecule has 3 heterocycles. The van der Waals surface area contributed by atoms with Crippen LogP contribution in [-0.4, -0.2) is 69.2 Å². The monoisotopic (exact) mass is 565 g/mol. The molecule has 8 nitrogen and oxygen atoms in total. The largest absolute Gasteiger partial charge is 0.405 e. The molecule has 2 amide bonds. The van der Waals surface area contributed by atoms with Crippen LogP contribution < -0.4 is 10.6 Å². The number of halogens is 5. The first-order valence-corrected chi connectivity index (χ1v) is 13.0. The van der Waals surface area contributed by atoms with Gasteiger partial charge in [-0.3, -0.25) is 9.59 Å². The highest BCUT2D eigenvalue weighted by atomic mass is 32.1. The van der Waals surface area contributed by atoms with E-state index in [1.54, 1.807) is 6.92 Å². The smallest absolute Gasteiger partial charge is 0.391 e. The fourth-order valence-electron chi connectivity index (χ4n) is 3.63. The van der Waals surface area contributed by atoms with Gasteiger partial charge >= 0.3 is 6.18 Å². The van der Waals surface area contributed by atoms with Gasteiger partial charge in [0.15, 0.2) is 5.01 Å². The lowest BCUT2D eigenvalue weighted by molar-refractivity contribution is -0.115. The van der Waals surface area contributed by atoms with Crippen LogP contribution in [0.25, 0.3) is 10.4 Å². The van der Waals surface area contributed by atoms with Crippen molar-refractivity contribution in [2.75, 3.05) is 18.4 Å². The first-order chi connectivity index (χ1) is 17.8. The summed E-state index contributed by atoms with van der Waals surface area (Å²) >= 11 is 0.692. The minimum absolute atomic E-state index is 0.0425. The molecule has 0 spiro atoms. The zero-order valence-electron chi connectivity index (χ0n) is 21.7. The van der Waals surface area contributed by atoms with E-state index in [1.807, 2.05) is 26.1 Å². The van der Waals surface area contributed by atoms with E-state index in [-0.39, 0.29) is 27.2 Å². The summed E-state index contributed by atoms with van der Waals surface area (Å²) in [7, 11) is 0. The Morgan fingerprint density at radius 1 is 1.26 bits per heavy atom. The van der Waals surface area contributed by atoms with Gasteiger partial charge in [0.25, 0.3) is 18.2 Å². The molecule has 2 aromatic rings. The average molecular weight is 566 g/mol. The SMILES string of the molecule is CC.CC(O)C(C)NC(=O)c1nc(C(=O)N2CCCC2C)c(-c2cnc(NCC(F)(F)F)cc2C(F)F)s1. The Morgan fingerprint density at radius 3 is 2.45 bits per heavy atom. The molecule has 0 radical (unpaired) electrons. The minimum Gasteiger partial charge on any atom is -0.391 e. The highest BCUT2D eigenvalue weighted by Crippen LogP contribution is 2.39. The molecule has 3 N–H and O–H groups in total. The van der Waals surface area contributed by atoms with Gasteiger partial charge in [-0.1, -0.05) is 13.8 Å². The van der Waals surface area contributed by atoms with Crippen LogP contribution in [0.5, 0.6) is 0 Å². The van der Waals surface area contributed by atoms with E-state index >= 15 is 0 Å². The number of carbonyl (C=O) groups excluding carboxylic acids is 2. The van der Waals surface area contributed by atoms with E-state index in [1.165, 1.54) is 11.8 Å². The van der Waals surface area contributed by atoms with Crippen LogP contribution >= 0.6 is 11.3 Å². The highest BCUT2D eigenvalue weighted by Gasteiger charge is 2.33. The molecule has 0 bridgehead atoms. The van der Waals surface area contributed by atoms with E-state index in [9.17, 15) is 36.6 Å². The number of pyridine rings is 1. The lowest BCUT2D eigenvalue weighted by Crippen LogP contribution is -2.39. The third kappa shape index (κ3) is 7.82. The molecule has 14 heteroatoms. The molecule has 2 aromatic heterocycles. The average Bonchev–Trinajstić information content (AvgIpc) is 3.49. The van der Waals surface area contributed by atoms with Crippen LogP contribution in [0.4, 0.5) is 27.8 Å². The van der Waals surface area contributed by atoms with Gasteiger partial charge in [-0.15, -0.1) is 11.3 Å². The Hall–Kier alpha value is -2.87. The Balaban J connectivity index is 0.00000247. The molecule has 0 aliphatic carbocycles. The lowest BCUT2D eigenvalue weighted by atomic mass is 10.1. The number of hydrogen-bond donors (Lipinski definition) is 3. The number of rotatable bonds is 8. The van der Waals surface area contributed by atoms with Gasteiger partial charge in [0, 0.05) is 29.9 Å². The molecule has 1 aliphatic rings. The van der Waals surface area contributed by atoms with Gasteiger partial charge in [0.1, 0.15) is 18.1 Å². The van der Waals surface area contributed by atoms with Gasteiger partial charge in [0.05, 0.1) is 17.0 Å². The number of aromatic nitrogens is 2. The van der Waals surface area contributed by atoms with Crippen molar-refractivity contribution in [2.24, 2.45) is 0 Å². The molecule has 38 heavy (non-hydrogen) atoms. The molecular weight excluding hydrogens is 533 g/mol. The number of aliphatic hydroxyl groups excluding tert-OH is 1. The van der Waals surface area contributed by atoms with E-state index < -0.39 is 54.5 Å². The molecule has 0 saturated carbocycles. The van der Waals surface area contributed by atoms with Crippen LogP contribution in [-0.2, 0) is 0 Å². The molecule has 1 saturated heterocycles. The van der Waals surface area contributed by atoms with Gasteiger partial charge < -0.3 is 20.6 Å². The van der Waals surface area contributed by atoms with E-state index in [2.05, 4.69) is 15.3 Å². The molecule has 0 aromatic carbocycles. The Kier molecular flexibility index (Phi) is 10.9. The van der Waals surface area contributed by atoms with E-state index in [0.29, 0.717) is 17.9 Å². The van der Waals surface area contributed by atoms with Crippen molar-refractivity contribution >= 4 is 29.0 Å². The number of nitrogens with one attached hydrogen (secondary N) is 2. The maximum absolute atomic E-state index is 14.0. The third-order valence-corrected chi connectivity index (χ3v) is 6.89. The maximum Gasteiger partial charge on any atom is 0.405 e. The van der Waals surface area contributed by atoms with Crippen molar-refractivity contribution < 1.29 is 36.6 Å². The summed E-state index contributed by atoms with van der Waals surface area (Å²) in [4.78, 5) is 35.5. The fourth-order valence-corrected chi connectivity index (χ4v) is 4.63. The van der Waals surface area contributed by atoms with Crippen LogP contribution in [0.3, 0.4) is 0 Å². The zero-order chi connectivity index (χ0) is 28.8. The summed E-state index contributed by atoms with van der Waals surface area (Å²) in [6.45, 7) is 7.82. The van der Waals surface area contributed by atoms with Gasteiger partial charge in [-0.2, -0.15) is 13.2 Å². The van der Waals surface area contributed by atoms with E-state index in [0.717, 1.165) is 25.1 Å². The molecule has 3 rings (SSSR count). The van der Waals surface area contributed by atoms with Gasteiger partial charge in [-0.25, -0.2) is 18.7 Å². The number of amides is 2. The first kappa shape index (κ1) is 31.3. The fraction of sp³-hybridized carbons (Fsp3) is 0.583. The summed E-state index contributed by atoms with van der Waals surface area (Å²) in [5.74, 6) is -1.67. The number of anilines is 1. The van der Waals surface area contributed by atoms with Gasteiger partial charge in [-0.05, 0) is 39.7 Å². The number of alkyl halides is 5. The number of likely N-dealkylation sites (tertiary alicyclic amines) is 1. The first-order valence-electron chi connectivity index (χ1n) is 12.2. The lowest BCUT2D eigenvalue weighted by Gasteiger charge is -2.21. The second-order valence-corrected chi connectivity index (χ2v) is 9.61. The summed E-state index contributed by atoms with van der Waals surface area (Å²) in [6, 6.07) is 0.00843. The molecule has 1 fully saturated rings. The molecule has 1 aliphatic heterocycles. The van der Waals surface area contributed by atoms with Crippen molar-refractivity contribution in [3.63, 3.8) is 0 Å². The van der Waals surface area contributed by atoms with Crippen LogP contribution in [0.15, 0.2) is 12.3 Å². The standard InChI is InChI=1S/C22H26F5N5O3S.C2H6/c1-10-5-4-6-32(10)21(35)16-17(36-20(31-16)19(34)30-11(2)12(3)33)14-8-28-15(7-13(14)18(23)24)29-9-22(25,26)27;1-2/h7-8,10-12,18,33H,4-6,9H2,1-3H3,(H,28,29)(H,30,34);1-2H3. The third-order valence-electron chi connectivity index (χ3n) is 5.81. The van der Waals surface area contributed by atoms with Crippen molar-refractivity contribution in [1.82, 2.24) is 20.2 Å².